The van der Waals surface area contributed by atoms with Gasteiger partial charge in [0.15, 0.2) is 0 Å². The van der Waals surface area contributed by atoms with Crippen LogP contribution in [0.1, 0.15) is 10.4 Å². The normalized spacial score (nSPS) is 10.4. The highest BCUT2D eigenvalue weighted by Crippen LogP contribution is 2.19. The van der Waals surface area contributed by atoms with Gasteiger partial charge in [-0.2, -0.15) is 0 Å². The van der Waals surface area contributed by atoms with E-state index in [4.69, 9.17) is 5.84 Å². The number of amides is 1. The molecule has 0 atom stereocenters. The van der Waals surface area contributed by atoms with Crippen LogP contribution in [-0.2, 0) is 0 Å². The first-order valence-electron chi connectivity index (χ1n) is 4.00. The van der Waals surface area contributed by atoms with Gasteiger partial charge in [-0.15, -0.1) is 0 Å². The second-order valence-electron chi connectivity index (χ2n) is 2.87. The van der Waals surface area contributed by atoms with Crippen molar-refractivity contribution < 1.29 is 9.18 Å². The van der Waals surface area contributed by atoms with Crippen LogP contribution in [-0.4, -0.2) is 10.9 Å². The first-order valence-corrected chi connectivity index (χ1v) is 4.00. The van der Waals surface area contributed by atoms with Gasteiger partial charge in [0, 0.05) is 17.1 Å². The van der Waals surface area contributed by atoms with E-state index < -0.39 is 11.7 Å². The Balaban J connectivity index is 2.72. The summed E-state index contributed by atoms with van der Waals surface area (Å²) in [7, 11) is 0. The SMILES string of the molecule is NNC(=O)c1cc(F)cc2[nH]ccc12. The Labute approximate surface area is 78.9 Å². The molecule has 2 aromatic rings. The first kappa shape index (κ1) is 8.71. The molecular formula is C9H8FN3O. The number of benzene rings is 1. The van der Waals surface area contributed by atoms with Gasteiger partial charge in [-0.05, 0) is 18.2 Å². The molecule has 0 spiro atoms. The fourth-order valence-electron chi connectivity index (χ4n) is 1.40. The fraction of sp³-hybridized carbons (Fsp3) is 0. The Kier molecular flexibility index (Phi) is 1.94. The van der Waals surface area contributed by atoms with E-state index >= 15 is 0 Å². The largest absolute Gasteiger partial charge is 0.361 e. The van der Waals surface area contributed by atoms with Crippen LogP contribution >= 0.6 is 0 Å². The minimum atomic E-state index is -0.505. The van der Waals surface area contributed by atoms with Crippen LogP contribution in [0.3, 0.4) is 0 Å². The van der Waals surface area contributed by atoms with Gasteiger partial charge in [-0.25, -0.2) is 10.2 Å². The lowest BCUT2D eigenvalue weighted by molar-refractivity contribution is 0.0955. The van der Waals surface area contributed by atoms with Crippen LogP contribution in [0.2, 0.25) is 0 Å². The average Bonchev–Trinajstić information content (AvgIpc) is 2.62. The van der Waals surface area contributed by atoms with Crippen LogP contribution in [0.5, 0.6) is 0 Å². The Bertz CT molecular complexity index is 492. The molecule has 72 valence electrons. The first-order chi connectivity index (χ1) is 6.72. The van der Waals surface area contributed by atoms with E-state index in [2.05, 4.69) is 4.98 Å². The number of nitrogen functional groups attached to an aromatic ring is 1. The maximum absolute atomic E-state index is 13.0. The monoisotopic (exact) mass is 193 g/mol. The highest BCUT2D eigenvalue weighted by Gasteiger charge is 2.11. The Morgan fingerprint density at radius 2 is 2.29 bits per heavy atom. The van der Waals surface area contributed by atoms with Gasteiger partial charge in [0.2, 0.25) is 0 Å². The van der Waals surface area contributed by atoms with Gasteiger partial charge >= 0.3 is 0 Å². The van der Waals surface area contributed by atoms with Gasteiger partial charge in [-0.1, -0.05) is 0 Å². The van der Waals surface area contributed by atoms with Crippen molar-refractivity contribution >= 4 is 16.8 Å². The van der Waals surface area contributed by atoms with E-state index in [0.29, 0.717) is 10.9 Å². The van der Waals surface area contributed by atoms with Crippen molar-refractivity contribution in [2.75, 3.05) is 0 Å². The molecule has 4 N–H and O–H groups in total. The summed E-state index contributed by atoms with van der Waals surface area (Å²) >= 11 is 0. The highest BCUT2D eigenvalue weighted by atomic mass is 19.1. The summed E-state index contributed by atoms with van der Waals surface area (Å²) in [6.45, 7) is 0. The van der Waals surface area contributed by atoms with E-state index in [0.717, 1.165) is 6.07 Å². The molecular weight excluding hydrogens is 185 g/mol. The number of hydrogen-bond donors (Lipinski definition) is 3. The van der Waals surface area contributed by atoms with Crippen LogP contribution in [0.15, 0.2) is 24.4 Å². The van der Waals surface area contributed by atoms with Crippen molar-refractivity contribution in [3.05, 3.63) is 35.8 Å². The summed E-state index contributed by atoms with van der Waals surface area (Å²) in [5, 5.41) is 0.648. The van der Waals surface area contributed by atoms with Gasteiger partial charge in [-0.3, -0.25) is 10.2 Å². The van der Waals surface area contributed by atoms with E-state index in [1.807, 2.05) is 5.43 Å². The van der Waals surface area contributed by atoms with Crippen molar-refractivity contribution in [2.24, 2.45) is 5.84 Å². The number of hydrogen-bond acceptors (Lipinski definition) is 2. The predicted molar refractivity (Wildman–Crippen MR) is 49.9 cm³/mol. The molecule has 0 saturated heterocycles. The van der Waals surface area contributed by atoms with Gasteiger partial charge < -0.3 is 4.98 Å². The molecule has 0 aliphatic rings. The molecule has 0 aliphatic heterocycles. The van der Waals surface area contributed by atoms with Crippen LogP contribution < -0.4 is 11.3 Å². The Morgan fingerprint density at radius 3 is 3.00 bits per heavy atom. The molecule has 0 aliphatic carbocycles. The summed E-state index contributed by atoms with van der Waals surface area (Å²) in [5.41, 5.74) is 2.77. The minimum Gasteiger partial charge on any atom is -0.361 e. The molecule has 4 nitrogen and oxygen atoms in total. The third-order valence-corrected chi connectivity index (χ3v) is 2.01. The van der Waals surface area contributed by atoms with Crippen molar-refractivity contribution in [3.63, 3.8) is 0 Å². The number of halogens is 1. The Morgan fingerprint density at radius 1 is 1.50 bits per heavy atom. The number of fused-ring (bicyclic) bond motifs is 1. The zero-order chi connectivity index (χ0) is 10.1. The van der Waals surface area contributed by atoms with E-state index in [1.54, 1.807) is 12.3 Å². The van der Waals surface area contributed by atoms with E-state index in [9.17, 15) is 9.18 Å². The molecule has 1 aromatic heterocycles. The minimum absolute atomic E-state index is 0.226. The van der Waals surface area contributed by atoms with Gasteiger partial charge in [0.1, 0.15) is 5.82 Å². The van der Waals surface area contributed by atoms with Gasteiger partial charge in [0.25, 0.3) is 5.91 Å². The standard InChI is InChI=1S/C9H8FN3O/c10-5-3-7(9(14)13-11)6-1-2-12-8(6)4-5/h1-4,12H,11H2,(H,13,14). The van der Waals surface area contributed by atoms with Crippen molar-refractivity contribution in [1.29, 1.82) is 0 Å². The highest BCUT2D eigenvalue weighted by molar-refractivity contribution is 6.06. The summed E-state index contributed by atoms with van der Waals surface area (Å²) < 4.78 is 13.0. The second kappa shape index (κ2) is 3.12. The maximum atomic E-state index is 13.0. The molecule has 2 rings (SSSR count). The summed E-state index contributed by atoms with van der Waals surface area (Å²) in [6, 6.07) is 4.17. The fourth-order valence-corrected chi connectivity index (χ4v) is 1.40. The van der Waals surface area contributed by atoms with Crippen molar-refractivity contribution in [1.82, 2.24) is 10.4 Å². The summed E-state index contributed by atoms with van der Waals surface area (Å²) in [6.07, 6.45) is 1.64. The number of aromatic amines is 1. The van der Waals surface area contributed by atoms with Crippen LogP contribution in [0.4, 0.5) is 4.39 Å². The zero-order valence-corrected chi connectivity index (χ0v) is 7.17. The Hall–Kier alpha value is -1.88. The molecule has 0 unspecified atom stereocenters. The van der Waals surface area contributed by atoms with Crippen molar-refractivity contribution in [3.8, 4) is 0 Å². The average molecular weight is 193 g/mol. The van der Waals surface area contributed by atoms with Crippen LogP contribution in [0.25, 0.3) is 10.9 Å². The van der Waals surface area contributed by atoms with Crippen LogP contribution in [0, 0.1) is 5.82 Å². The number of hydrazine groups is 1. The van der Waals surface area contributed by atoms with E-state index in [1.165, 1.54) is 6.07 Å². The number of nitrogens with two attached hydrogens (primary N) is 1. The summed E-state index contributed by atoms with van der Waals surface area (Å²) in [5.74, 6) is 4.00. The topological polar surface area (TPSA) is 70.9 Å². The van der Waals surface area contributed by atoms with Gasteiger partial charge in [0.05, 0.1) is 5.56 Å². The second-order valence-corrected chi connectivity index (χ2v) is 2.87. The molecule has 0 radical (unpaired) electrons. The third kappa shape index (κ3) is 1.23. The molecule has 1 aromatic carbocycles. The molecule has 1 amide bonds. The predicted octanol–water partition coefficient (Wildman–Crippen LogP) is 0.910. The smallest absolute Gasteiger partial charge is 0.265 e. The third-order valence-electron chi connectivity index (χ3n) is 2.01. The number of carbonyl (C=O) groups is 1. The molecule has 0 fully saturated rings. The maximum Gasteiger partial charge on any atom is 0.265 e. The number of H-pyrrole nitrogens is 1. The number of nitrogens with one attached hydrogen (secondary N) is 2. The van der Waals surface area contributed by atoms with Crippen molar-refractivity contribution in [2.45, 2.75) is 0 Å². The quantitative estimate of drug-likeness (QED) is 0.358. The zero-order valence-electron chi connectivity index (χ0n) is 7.17. The van der Waals surface area contributed by atoms with E-state index in [-0.39, 0.29) is 5.56 Å². The molecule has 5 heteroatoms. The number of aromatic nitrogens is 1. The number of carbonyl (C=O) groups excluding carboxylic acids is 1. The lowest BCUT2D eigenvalue weighted by atomic mass is 10.1. The molecule has 14 heavy (non-hydrogen) atoms. The number of rotatable bonds is 1. The molecule has 1 heterocycles. The molecule has 0 saturated carbocycles. The lowest BCUT2D eigenvalue weighted by Crippen LogP contribution is -2.30. The summed E-state index contributed by atoms with van der Waals surface area (Å²) in [4.78, 5) is 14.1. The lowest BCUT2D eigenvalue weighted by Gasteiger charge is -2.01. The molecule has 0 bridgehead atoms.